The van der Waals surface area contributed by atoms with Crippen LogP contribution in [0.3, 0.4) is 0 Å². The van der Waals surface area contributed by atoms with Crippen LogP contribution in [-0.4, -0.2) is 333 Å². The molecule has 0 bridgehead atoms. The molecule has 18 N–H and O–H groups in total. The number of carboxylic acids is 1. The van der Waals surface area contributed by atoms with E-state index in [1.807, 2.05) is 0 Å². The normalized spacial score (nSPS) is 46.8. The van der Waals surface area contributed by atoms with Crippen LogP contribution < -0.4 is 0 Å². The summed E-state index contributed by atoms with van der Waals surface area (Å²) in [5, 5.41) is 183. The first-order valence-corrected chi connectivity index (χ1v) is 32.6. The molecule has 542 valence electrons. The average molecular weight is 1370 g/mol. The number of fused-ring (bicyclic) bond motifs is 1. The first-order valence-electron chi connectivity index (χ1n) is 32.6. The summed E-state index contributed by atoms with van der Waals surface area (Å²) in [5.41, 5.74) is 0. The summed E-state index contributed by atoms with van der Waals surface area (Å²) in [6, 6.07) is 0. The molecule has 4 saturated carbocycles. The number of hydrogen-bond donors (Lipinski definition) is 17. The first-order chi connectivity index (χ1) is 45.2. The van der Waals surface area contributed by atoms with Gasteiger partial charge in [0, 0.05) is 38.0 Å². The van der Waals surface area contributed by atoms with Crippen molar-refractivity contribution in [3.05, 3.63) is 24.3 Å². The number of hydrogen-bond acceptors (Lipinski definition) is 32. The molecule has 9 rings (SSSR count). The maximum absolute atomic E-state index is 13.4. The fraction of sp³-hybridized carbons (Fsp3) is 0.869. The summed E-state index contributed by atoms with van der Waals surface area (Å²) in [4.78, 5) is 49.2. The van der Waals surface area contributed by atoms with Crippen LogP contribution >= 0.6 is 0 Å². The number of methoxy groups -OCH3 is 1. The highest BCUT2D eigenvalue weighted by molar-refractivity contribution is 5.90. The van der Waals surface area contributed by atoms with Gasteiger partial charge < -0.3 is 148 Å². The van der Waals surface area contributed by atoms with Gasteiger partial charge in [0.05, 0.1) is 55.3 Å². The van der Waals surface area contributed by atoms with Gasteiger partial charge in [-0.1, -0.05) is 12.2 Å². The van der Waals surface area contributed by atoms with Crippen molar-refractivity contribution in [3.8, 4) is 0 Å². The fourth-order valence-electron chi connectivity index (χ4n) is 14.3. The summed E-state index contributed by atoms with van der Waals surface area (Å²) < 4.78 is 75.0. The zero-order valence-electron chi connectivity index (χ0n) is 52.2. The van der Waals surface area contributed by atoms with Crippen molar-refractivity contribution >= 4 is 23.9 Å². The minimum atomic E-state index is -2.06. The van der Waals surface area contributed by atoms with Gasteiger partial charge in [-0.25, -0.2) is 9.59 Å². The predicted molar refractivity (Wildman–Crippen MR) is 309 cm³/mol. The maximum Gasteiger partial charge on any atom is 0.330 e. The highest BCUT2D eigenvalue weighted by Crippen LogP contribution is 2.45. The quantitative estimate of drug-likeness (QED) is 0.0149. The van der Waals surface area contributed by atoms with E-state index in [2.05, 4.69) is 0 Å². The standard InChI is InChI=1S/C61H94O34/c1-83-35-14-25(4-10-31(35)65)6-13-43(70)84-21-38-46(73)50(77)53(80)58(92-38)87-28-8-2-24(3-9-28)5-12-42(69)85-22-40-48(75)52(79)57(95-60-55(82)49(76)45(72)37(20-62)91-60)61(94-40)90-36-18-29-33(88-56(36)26-7-11-30(64)32(66)15-26)16-27(63)17-34(29)89-59-54(81)51(78)47(74)39(93-59)23-86-44(71)19-41(67)68/h5-6,12-13,24-40,45-66,72-82H,2-4,7-11,14-23H2,1H3,(H,67,68)/p+1. The number of aliphatic hydroxyl groups excluding tert-OH is 16. The molecule has 0 aromatic carbocycles. The minimum Gasteiger partial charge on any atom is -0.481 e. The van der Waals surface area contributed by atoms with Crippen molar-refractivity contribution in [2.24, 2.45) is 23.7 Å². The third-order valence-corrected chi connectivity index (χ3v) is 19.9. The van der Waals surface area contributed by atoms with E-state index in [-0.39, 0.29) is 56.5 Å². The first kappa shape index (κ1) is 75.5. The lowest BCUT2D eigenvalue weighted by atomic mass is 9.72. The Hall–Kier alpha value is -3.68. The van der Waals surface area contributed by atoms with Gasteiger partial charge in [-0.3, -0.25) is 9.59 Å². The largest absolute Gasteiger partial charge is 0.481 e. The van der Waals surface area contributed by atoms with Crippen LogP contribution in [0.4, 0.5) is 0 Å². The second-order valence-corrected chi connectivity index (χ2v) is 26.5. The van der Waals surface area contributed by atoms with Crippen LogP contribution in [-0.2, 0) is 76.0 Å². The molecule has 95 heavy (non-hydrogen) atoms. The number of allylic oxidation sites excluding steroid dienone is 2. The predicted octanol–water partition coefficient (Wildman–Crippen LogP) is -7.07. The molecule has 34 heteroatoms. The van der Waals surface area contributed by atoms with Gasteiger partial charge in [0.1, 0.15) is 130 Å². The summed E-state index contributed by atoms with van der Waals surface area (Å²) >= 11 is 0. The number of aliphatic hydroxyl groups is 18. The maximum atomic E-state index is 13.4. The number of esters is 3. The molecular weight excluding hydrogens is 1280 g/mol. The van der Waals surface area contributed by atoms with Crippen LogP contribution in [0.1, 0.15) is 89.9 Å². The van der Waals surface area contributed by atoms with Gasteiger partial charge in [-0.2, -0.15) is 0 Å². The van der Waals surface area contributed by atoms with Gasteiger partial charge in [0.15, 0.2) is 37.4 Å². The molecule has 0 amide bonds. The lowest BCUT2D eigenvalue weighted by Crippen LogP contribution is -2.66. The molecule has 9 fully saturated rings. The zero-order valence-corrected chi connectivity index (χ0v) is 52.2. The van der Waals surface area contributed by atoms with Gasteiger partial charge in [0.25, 0.3) is 0 Å². The van der Waals surface area contributed by atoms with E-state index >= 15 is 0 Å². The topological polar surface area (TPSA) is 536 Å². The second-order valence-electron chi connectivity index (χ2n) is 26.5. The van der Waals surface area contributed by atoms with Crippen molar-refractivity contribution in [1.82, 2.24) is 0 Å². The molecule has 5 heterocycles. The Balaban J connectivity index is 0.852. The van der Waals surface area contributed by atoms with Gasteiger partial charge >= 0.3 is 23.9 Å². The summed E-state index contributed by atoms with van der Waals surface area (Å²) in [6.45, 7) is -2.85. The zero-order chi connectivity index (χ0) is 68.7. The molecule has 0 aromatic heterocycles. The van der Waals surface area contributed by atoms with Crippen molar-refractivity contribution in [1.29, 1.82) is 0 Å². The molecule has 4 aliphatic carbocycles. The number of carboxylic acid groups (broad SMARTS) is 1. The summed E-state index contributed by atoms with van der Waals surface area (Å²) in [6.07, 6.45) is -36.0. The van der Waals surface area contributed by atoms with Crippen molar-refractivity contribution < 1.29 is 168 Å². The van der Waals surface area contributed by atoms with E-state index in [1.165, 1.54) is 13.2 Å². The van der Waals surface area contributed by atoms with E-state index in [9.17, 15) is 101 Å². The molecule has 32 atom stereocenters. The number of carbonyl (C=O) groups is 4. The summed E-state index contributed by atoms with van der Waals surface area (Å²) in [7, 11) is 1.50. The lowest BCUT2D eigenvalue weighted by molar-refractivity contribution is -0.390. The molecular formula is C61H95O34+. The Kier molecular flexibility index (Phi) is 27.1. The second kappa shape index (κ2) is 34.1. The minimum absolute atomic E-state index is 0.00187. The molecule has 9 aliphatic rings. The lowest BCUT2D eigenvalue weighted by Gasteiger charge is -2.50. The van der Waals surface area contributed by atoms with E-state index in [1.54, 1.807) is 12.2 Å². The van der Waals surface area contributed by atoms with Crippen LogP contribution in [0, 0.1) is 23.7 Å². The Morgan fingerprint density at radius 2 is 0.968 bits per heavy atom. The Morgan fingerprint density at radius 1 is 0.463 bits per heavy atom. The number of carbonyl (C=O) groups excluding carboxylic acids is 3. The van der Waals surface area contributed by atoms with Gasteiger partial charge in [-0.15, -0.1) is 0 Å². The van der Waals surface area contributed by atoms with Gasteiger partial charge in [-0.05, 0) is 82.5 Å². The molecule has 32 unspecified atom stereocenters. The van der Waals surface area contributed by atoms with Crippen molar-refractivity contribution in [3.63, 3.8) is 0 Å². The van der Waals surface area contributed by atoms with Crippen LogP contribution in [0.25, 0.3) is 0 Å². The average Bonchev–Trinajstić information content (AvgIpc) is 0.792. The van der Waals surface area contributed by atoms with Gasteiger partial charge in [0.2, 0.25) is 0 Å². The SMILES string of the molecule is COC1CC(C=CC(=O)OCC2OC(OC3CCC(C=CC(=O)OCC4OC(OC5CC6C(OC7OC(COC(=O)CC(=O)O)C(O)C(O)C7O)CC(O)CC6[OH+]C5C5CCC(O)C(O)C5)C(OC5OC(CO)C(O)C(O)C5O)C(O)C4O)CC3)C(O)C(O)C2O)CCC1O. The van der Waals surface area contributed by atoms with E-state index in [0.29, 0.717) is 44.9 Å². The Morgan fingerprint density at radius 3 is 1.55 bits per heavy atom. The third-order valence-electron chi connectivity index (χ3n) is 19.9. The monoisotopic (exact) mass is 1370 g/mol. The molecule has 0 aromatic rings. The van der Waals surface area contributed by atoms with Crippen molar-refractivity contribution in [2.45, 2.75) is 274 Å². The number of aliphatic carboxylic acids is 1. The molecule has 5 saturated heterocycles. The third kappa shape index (κ3) is 18.9. The number of ether oxygens (including phenoxy) is 13. The molecule has 34 nitrogen and oxygen atoms in total. The highest BCUT2D eigenvalue weighted by atomic mass is 16.8. The molecule has 5 aliphatic heterocycles. The molecule has 0 radical (unpaired) electrons. The van der Waals surface area contributed by atoms with Crippen LogP contribution in [0.15, 0.2) is 24.3 Å². The van der Waals surface area contributed by atoms with E-state index in [4.69, 9.17) is 66.7 Å². The van der Waals surface area contributed by atoms with Crippen LogP contribution in [0.2, 0.25) is 0 Å². The van der Waals surface area contributed by atoms with E-state index in [0.717, 1.165) is 6.08 Å². The van der Waals surface area contributed by atoms with Crippen LogP contribution in [0.5, 0.6) is 0 Å². The smallest absolute Gasteiger partial charge is 0.330 e. The number of rotatable bonds is 23. The Bertz CT molecular complexity index is 2520. The van der Waals surface area contributed by atoms with E-state index < -0.39 is 246 Å². The fourth-order valence-corrected chi connectivity index (χ4v) is 14.3. The van der Waals surface area contributed by atoms with Crippen molar-refractivity contribution in [2.75, 3.05) is 33.5 Å². The molecule has 0 spiro atoms. The highest BCUT2D eigenvalue weighted by Gasteiger charge is 2.59. The summed E-state index contributed by atoms with van der Waals surface area (Å²) in [5.74, 6) is -5.90. The Labute approximate surface area is 545 Å².